The molecule has 0 saturated carbocycles. The summed E-state index contributed by atoms with van der Waals surface area (Å²) in [6.45, 7) is 1.11. The van der Waals surface area contributed by atoms with Gasteiger partial charge in [0.15, 0.2) is 0 Å². The van der Waals surface area contributed by atoms with Crippen LogP contribution in [0.25, 0.3) is 6.08 Å². The molecule has 0 spiro atoms. The van der Waals surface area contributed by atoms with E-state index in [4.69, 9.17) is 0 Å². The van der Waals surface area contributed by atoms with Crippen molar-refractivity contribution in [2.24, 2.45) is 0 Å². The van der Waals surface area contributed by atoms with Gasteiger partial charge >= 0.3 is 0 Å². The molecule has 7 heteroatoms. The molecule has 144 valence electrons. The molecule has 1 heterocycles. The highest BCUT2D eigenvalue weighted by Gasteiger charge is 2.23. The van der Waals surface area contributed by atoms with E-state index in [-0.39, 0.29) is 23.5 Å². The number of carbonyl (C=O) groups excluding carboxylic acids is 2. The van der Waals surface area contributed by atoms with E-state index in [2.05, 4.69) is 5.32 Å². The summed E-state index contributed by atoms with van der Waals surface area (Å²) in [6.07, 6.45) is 4.39. The summed E-state index contributed by atoms with van der Waals surface area (Å²) in [7, 11) is 0. The predicted octanol–water partition coefficient (Wildman–Crippen LogP) is 3.03. The number of hydrogen-bond acceptors (Lipinski definition) is 4. The van der Waals surface area contributed by atoms with Crippen molar-refractivity contribution < 1.29 is 14.5 Å². The highest BCUT2D eigenvalue weighted by Crippen LogP contribution is 2.15. The monoisotopic (exact) mass is 379 g/mol. The van der Waals surface area contributed by atoms with Gasteiger partial charge in [-0.15, -0.1) is 0 Å². The van der Waals surface area contributed by atoms with Crippen LogP contribution in [0.4, 0.5) is 5.69 Å². The lowest BCUT2D eigenvalue weighted by Gasteiger charge is -2.31. The van der Waals surface area contributed by atoms with Crippen LogP contribution >= 0.6 is 0 Å². The average Bonchev–Trinajstić information content (AvgIpc) is 2.73. The first-order chi connectivity index (χ1) is 13.5. The van der Waals surface area contributed by atoms with E-state index in [1.54, 1.807) is 35.2 Å². The number of nitrogens with zero attached hydrogens (tertiary/aromatic N) is 2. The third-order valence-corrected chi connectivity index (χ3v) is 4.68. The normalized spacial score (nSPS) is 14.8. The van der Waals surface area contributed by atoms with Crippen LogP contribution in [-0.2, 0) is 4.79 Å². The summed E-state index contributed by atoms with van der Waals surface area (Å²) in [6, 6.07) is 15.2. The van der Waals surface area contributed by atoms with E-state index >= 15 is 0 Å². The van der Waals surface area contributed by atoms with Crippen molar-refractivity contribution in [2.45, 2.75) is 18.9 Å². The third kappa shape index (κ3) is 5.03. The molecule has 2 aromatic rings. The fraction of sp³-hybridized carbons (Fsp3) is 0.238. The number of amides is 2. The van der Waals surface area contributed by atoms with Crippen LogP contribution < -0.4 is 5.32 Å². The zero-order chi connectivity index (χ0) is 19.9. The fourth-order valence-corrected chi connectivity index (χ4v) is 3.12. The highest BCUT2D eigenvalue weighted by molar-refractivity contribution is 5.94. The Hall–Kier alpha value is -3.48. The summed E-state index contributed by atoms with van der Waals surface area (Å²) in [5.74, 6) is -0.240. The molecule has 1 fully saturated rings. The quantitative estimate of drug-likeness (QED) is 0.491. The number of hydrogen-bond donors (Lipinski definition) is 1. The maximum atomic E-state index is 12.4. The Balaban J connectivity index is 1.50. The van der Waals surface area contributed by atoms with E-state index in [1.165, 1.54) is 18.2 Å². The van der Waals surface area contributed by atoms with Gasteiger partial charge in [0, 0.05) is 42.9 Å². The first-order valence-corrected chi connectivity index (χ1v) is 9.10. The Morgan fingerprint density at radius 3 is 2.46 bits per heavy atom. The minimum Gasteiger partial charge on any atom is -0.349 e. The molecule has 2 amide bonds. The number of nitro groups is 1. The molecule has 0 aliphatic carbocycles. The van der Waals surface area contributed by atoms with Crippen LogP contribution in [0.3, 0.4) is 0 Å². The second-order valence-electron chi connectivity index (χ2n) is 6.62. The number of rotatable bonds is 5. The topological polar surface area (TPSA) is 92.6 Å². The summed E-state index contributed by atoms with van der Waals surface area (Å²) in [4.78, 5) is 36.6. The maximum Gasteiger partial charge on any atom is 0.270 e. The Morgan fingerprint density at radius 2 is 1.79 bits per heavy atom. The van der Waals surface area contributed by atoms with Crippen LogP contribution in [0.15, 0.2) is 60.7 Å². The van der Waals surface area contributed by atoms with Gasteiger partial charge in [0.05, 0.1) is 4.92 Å². The van der Waals surface area contributed by atoms with E-state index in [1.807, 2.05) is 18.2 Å². The molecular weight excluding hydrogens is 358 g/mol. The highest BCUT2D eigenvalue weighted by atomic mass is 16.6. The second kappa shape index (κ2) is 8.94. The number of likely N-dealkylation sites (tertiary alicyclic amines) is 1. The molecule has 1 saturated heterocycles. The standard InChI is InChI=1S/C21H21N3O4/c25-20(10-9-16-5-4-8-19(15-16)24(27)28)23-13-11-18(12-14-23)22-21(26)17-6-2-1-3-7-17/h1-10,15,18H,11-14H2,(H,22,26)/b10-9+. The Morgan fingerprint density at radius 1 is 1.07 bits per heavy atom. The van der Waals surface area contributed by atoms with Gasteiger partial charge < -0.3 is 10.2 Å². The minimum absolute atomic E-state index is 0.00966. The minimum atomic E-state index is -0.465. The number of nitro benzene ring substituents is 1. The van der Waals surface area contributed by atoms with E-state index in [9.17, 15) is 19.7 Å². The Labute approximate surface area is 162 Å². The van der Waals surface area contributed by atoms with Crippen molar-refractivity contribution in [1.82, 2.24) is 10.2 Å². The number of piperidine rings is 1. The molecule has 1 N–H and O–H groups in total. The number of nitrogens with one attached hydrogen (secondary N) is 1. The van der Waals surface area contributed by atoms with Crippen LogP contribution in [0.2, 0.25) is 0 Å². The van der Waals surface area contributed by atoms with Crippen LogP contribution in [-0.4, -0.2) is 40.8 Å². The SMILES string of the molecule is O=C(NC1CCN(C(=O)/C=C/c2cccc([N+](=O)[O-])c2)CC1)c1ccccc1. The van der Waals surface area contributed by atoms with Gasteiger partial charge in [-0.25, -0.2) is 0 Å². The largest absolute Gasteiger partial charge is 0.349 e. The van der Waals surface area contributed by atoms with Crippen LogP contribution in [0.1, 0.15) is 28.8 Å². The molecule has 1 aliphatic heterocycles. The van der Waals surface area contributed by atoms with Crippen molar-refractivity contribution in [2.75, 3.05) is 13.1 Å². The third-order valence-electron chi connectivity index (χ3n) is 4.68. The number of benzene rings is 2. The lowest BCUT2D eigenvalue weighted by molar-refractivity contribution is -0.384. The summed E-state index contributed by atoms with van der Waals surface area (Å²) < 4.78 is 0. The summed E-state index contributed by atoms with van der Waals surface area (Å²) in [5.41, 5.74) is 1.22. The van der Waals surface area contributed by atoms with Gasteiger partial charge in [-0.05, 0) is 36.6 Å². The molecule has 0 radical (unpaired) electrons. The maximum absolute atomic E-state index is 12.4. The molecule has 0 bridgehead atoms. The van der Waals surface area contributed by atoms with E-state index in [0.717, 1.165) is 0 Å². The Bertz CT molecular complexity index is 888. The molecule has 7 nitrogen and oxygen atoms in total. The van der Waals surface area contributed by atoms with Crippen LogP contribution in [0.5, 0.6) is 0 Å². The molecule has 0 unspecified atom stereocenters. The average molecular weight is 379 g/mol. The zero-order valence-corrected chi connectivity index (χ0v) is 15.3. The van der Waals surface area contributed by atoms with E-state index in [0.29, 0.717) is 37.1 Å². The number of carbonyl (C=O) groups is 2. The van der Waals surface area contributed by atoms with E-state index < -0.39 is 4.92 Å². The first-order valence-electron chi connectivity index (χ1n) is 9.10. The summed E-state index contributed by atoms with van der Waals surface area (Å²) >= 11 is 0. The molecule has 28 heavy (non-hydrogen) atoms. The van der Waals surface area contributed by atoms with Crippen molar-refractivity contribution in [3.05, 3.63) is 81.9 Å². The molecule has 3 rings (SSSR count). The fourth-order valence-electron chi connectivity index (χ4n) is 3.12. The number of non-ortho nitro benzene ring substituents is 1. The second-order valence-corrected chi connectivity index (χ2v) is 6.62. The van der Waals surface area contributed by atoms with Gasteiger partial charge in [-0.3, -0.25) is 19.7 Å². The first kappa shape index (κ1) is 19.3. The van der Waals surface area contributed by atoms with Crippen LogP contribution in [0, 0.1) is 10.1 Å². The van der Waals surface area contributed by atoms with Gasteiger partial charge in [-0.1, -0.05) is 30.3 Å². The zero-order valence-electron chi connectivity index (χ0n) is 15.3. The van der Waals surface area contributed by atoms with Crippen molar-refractivity contribution in [1.29, 1.82) is 0 Å². The van der Waals surface area contributed by atoms with Crippen molar-refractivity contribution in [3.63, 3.8) is 0 Å². The molecule has 0 atom stereocenters. The van der Waals surface area contributed by atoms with Gasteiger partial charge in [0.25, 0.3) is 11.6 Å². The molecule has 2 aromatic carbocycles. The Kier molecular flexibility index (Phi) is 6.16. The smallest absolute Gasteiger partial charge is 0.270 e. The molecular formula is C21H21N3O4. The lowest BCUT2D eigenvalue weighted by Crippen LogP contribution is -2.46. The van der Waals surface area contributed by atoms with Crippen molar-refractivity contribution in [3.8, 4) is 0 Å². The molecule has 0 aromatic heterocycles. The van der Waals surface area contributed by atoms with Crippen molar-refractivity contribution >= 4 is 23.6 Å². The van der Waals surface area contributed by atoms with Gasteiger partial charge in [0.2, 0.25) is 5.91 Å². The van der Waals surface area contributed by atoms with Gasteiger partial charge in [0.1, 0.15) is 0 Å². The lowest BCUT2D eigenvalue weighted by atomic mass is 10.0. The van der Waals surface area contributed by atoms with Gasteiger partial charge in [-0.2, -0.15) is 0 Å². The predicted molar refractivity (Wildman–Crippen MR) is 106 cm³/mol. The molecule has 1 aliphatic rings. The summed E-state index contributed by atoms with van der Waals surface area (Å²) in [5, 5.41) is 13.8.